The molecule has 1 aromatic heterocycles. The molecule has 3 fully saturated rings. The Morgan fingerprint density at radius 1 is 1.02 bits per heavy atom. The molecule has 0 bridgehead atoms. The predicted molar refractivity (Wildman–Crippen MR) is 160 cm³/mol. The van der Waals surface area contributed by atoms with E-state index >= 15 is 0 Å². The molecule has 9 atom stereocenters. The third-order valence-electron chi connectivity index (χ3n) is 11.9. The Kier molecular flexibility index (Phi) is 9.38. The highest BCUT2D eigenvalue weighted by atomic mass is 31.2. The van der Waals surface area contributed by atoms with Gasteiger partial charge in [0, 0.05) is 12.1 Å². The number of hydrogen-bond acceptors (Lipinski definition) is 3. The number of phosphoric acid groups is 1. The van der Waals surface area contributed by atoms with Gasteiger partial charge in [0.05, 0.1) is 6.10 Å². The Morgan fingerprint density at radius 2 is 1.80 bits per heavy atom. The SMILES string of the molecule is CC(C)CCC[C@@H](C)[C@H]1CC[C@H]2[C@@H]3CC=C4C[C@@H](OP(=O)(O)OCC[n+]5ccccc5)CC[C@]4(C)[C@H]3CC[C@]12C. The summed E-state index contributed by atoms with van der Waals surface area (Å²) in [5, 5.41) is 0. The van der Waals surface area contributed by atoms with Gasteiger partial charge in [-0.2, -0.15) is 0 Å². The Balaban J connectivity index is 1.19. The number of aromatic nitrogens is 1. The van der Waals surface area contributed by atoms with Crippen LogP contribution in [0.2, 0.25) is 0 Å². The van der Waals surface area contributed by atoms with Crippen molar-refractivity contribution in [1.29, 1.82) is 0 Å². The van der Waals surface area contributed by atoms with Crippen LogP contribution in [-0.4, -0.2) is 17.6 Å². The van der Waals surface area contributed by atoms with Crippen molar-refractivity contribution in [2.45, 2.75) is 118 Å². The summed E-state index contributed by atoms with van der Waals surface area (Å²) in [5.41, 5.74) is 2.18. The van der Waals surface area contributed by atoms with Crippen LogP contribution in [-0.2, 0) is 20.2 Å². The first-order valence-corrected chi connectivity index (χ1v) is 17.8. The number of pyridine rings is 1. The minimum absolute atomic E-state index is 0.150. The monoisotopic (exact) mass is 572 g/mol. The normalized spacial score (nSPS) is 37.7. The lowest BCUT2D eigenvalue weighted by atomic mass is 9.47. The second-order valence-electron chi connectivity index (χ2n) is 14.7. The van der Waals surface area contributed by atoms with Crippen LogP contribution in [0.4, 0.5) is 0 Å². The van der Waals surface area contributed by atoms with Crippen molar-refractivity contribution in [1.82, 2.24) is 0 Å². The largest absolute Gasteiger partial charge is 0.472 e. The molecule has 4 aliphatic carbocycles. The third kappa shape index (κ3) is 6.34. The zero-order chi connectivity index (χ0) is 28.5. The van der Waals surface area contributed by atoms with E-state index in [2.05, 4.69) is 40.7 Å². The van der Waals surface area contributed by atoms with Crippen molar-refractivity contribution in [2.75, 3.05) is 6.61 Å². The topological polar surface area (TPSA) is 59.6 Å². The quantitative estimate of drug-likeness (QED) is 0.164. The summed E-state index contributed by atoms with van der Waals surface area (Å²) < 4.78 is 25.8. The number of nitrogens with zero attached hydrogens (tertiary/aromatic N) is 1. The summed E-state index contributed by atoms with van der Waals surface area (Å²) in [7, 11) is -4.09. The van der Waals surface area contributed by atoms with Gasteiger partial charge in [-0.25, -0.2) is 9.13 Å². The van der Waals surface area contributed by atoms with Gasteiger partial charge in [0.2, 0.25) is 0 Å². The van der Waals surface area contributed by atoms with E-state index in [0.29, 0.717) is 12.0 Å². The lowest BCUT2D eigenvalue weighted by Gasteiger charge is -2.58. The maximum absolute atomic E-state index is 12.8. The van der Waals surface area contributed by atoms with Crippen molar-refractivity contribution in [3.8, 4) is 0 Å². The van der Waals surface area contributed by atoms with Gasteiger partial charge in [-0.05, 0) is 97.7 Å². The molecule has 0 saturated heterocycles. The molecule has 0 radical (unpaired) electrons. The lowest BCUT2D eigenvalue weighted by molar-refractivity contribution is -0.697. The van der Waals surface area contributed by atoms with Gasteiger partial charge in [0.15, 0.2) is 18.9 Å². The Hall–Kier alpha value is -1.00. The van der Waals surface area contributed by atoms with E-state index in [9.17, 15) is 9.46 Å². The fourth-order valence-electron chi connectivity index (χ4n) is 9.81. The van der Waals surface area contributed by atoms with Crippen molar-refractivity contribution in [3.63, 3.8) is 0 Å². The summed E-state index contributed by atoms with van der Waals surface area (Å²) in [4.78, 5) is 10.5. The molecule has 4 aliphatic rings. The molecule has 40 heavy (non-hydrogen) atoms. The van der Waals surface area contributed by atoms with E-state index in [4.69, 9.17) is 9.05 Å². The van der Waals surface area contributed by atoms with Crippen LogP contribution in [0.3, 0.4) is 0 Å². The fourth-order valence-corrected chi connectivity index (χ4v) is 10.7. The van der Waals surface area contributed by atoms with Crippen molar-refractivity contribution < 1.29 is 23.1 Å². The number of fused-ring (bicyclic) bond motifs is 5. The second-order valence-corrected chi connectivity index (χ2v) is 16.1. The molecule has 0 spiro atoms. The van der Waals surface area contributed by atoms with Crippen molar-refractivity contribution >= 4 is 7.82 Å². The number of allylic oxidation sites excluding steroid dienone is 1. The smallest absolute Gasteiger partial charge is 0.302 e. The van der Waals surface area contributed by atoms with Crippen LogP contribution in [0.25, 0.3) is 0 Å². The summed E-state index contributed by atoms with van der Waals surface area (Å²) in [6.07, 6.45) is 19.6. The molecule has 1 N–H and O–H groups in total. The molecule has 1 heterocycles. The maximum atomic E-state index is 12.8. The molecular formula is C34H55NO4P+. The Labute approximate surface area is 243 Å². The average molecular weight is 573 g/mol. The van der Waals surface area contributed by atoms with Crippen molar-refractivity contribution in [2.24, 2.45) is 46.3 Å². The fraction of sp³-hybridized carbons (Fsp3) is 0.794. The highest BCUT2D eigenvalue weighted by Crippen LogP contribution is 2.67. The first-order chi connectivity index (χ1) is 19.0. The van der Waals surface area contributed by atoms with Gasteiger partial charge < -0.3 is 4.89 Å². The molecular weight excluding hydrogens is 517 g/mol. The number of hydrogen-bond donors (Lipinski definition) is 1. The molecule has 3 saturated carbocycles. The van der Waals surface area contributed by atoms with Gasteiger partial charge in [-0.1, -0.05) is 71.6 Å². The first-order valence-electron chi connectivity index (χ1n) is 16.3. The number of rotatable bonds is 11. The van der Waals surface area contributed by atoms with E-state index in [-0.39, 0.29) is 18.1 Å². The van der Waals surface area contributed by atoms with E-state index in [0.717, 1.165) is 54.8 Å². The first kappa shape index (κ1) is 30.5. The van der Waals surface area contributed by atoms with Gasteiger partial charge in [0.25, 0.3) is 0 Å². The standard InChI is InChI=1S/C34H54NO4P/c1-25(2)10-9-11-26(3)30-14-15-31-29-13-12-27-24-28(16-18-33(27,4)32(29)17-19-34(30,31)5)39-40(36,37)38-23-22-35-20-7-6-8-21-35/h6-8,12,20-21,25-26,28-32H,9-11,13-19,22-24H2,1-5H3/p+1/t26-,28+,29+,30-,31+,32+,33+,34-/m1/s1. The van der Waals surface area contributed by atoms with Gasteiger partial charge in [0.1, 0.15) is 6.61 Å². The average Bonchev–Trinajstić information content (AvgIpc) is 3.26. The van der Waals surface area contributed by atoms with Gasteiger partial charge >= 0.3 is 7.82 Å². The number of phosphoric ester groups is 1. The summed E-state index contributed by atoms with van der Waals surface area (Å²) in [6, 6.07) is 5.82. The van der Waals surface area contributed by atoms with Crippen LogP contribution in [0, 0.1) is 46.3 Å². The predicted octanol–water partition coefficient (Wildman–Crippen LogP) is 8.52. The van der Waals surface area contributed by atoms with Crippen LogP contribution < -0.4 is 4.57 Å². The Morgan fingerprint density at radius 3 is 2.55 bits per heavy atom. The molecule has 224 valence electrons. The molecule has 5 rings (SSSR count). The van der Waals surface area contributed by atoms with Crippen LogP contribution in [0.5, 0.6) is 0 Å². The lowest BCUT2D eigenvalue weighted by Crippen LogP contribution is -2.51. The van der Waals surface area contributed by atoms with E-state index in [1.54, 1.807) is 0 Å². The van der Waals surface area contributed by atoms with E-state index in [1.165, 1.54) is 56.9 Å². The zero-order valence-electron chi connectivity index (χ0n) is 25.8. The van der Waals surface area contributed by atoms with Crippen LogP contribution in [0.1, 0.15) is 105 Å². The molecule has 6 heteroatoms. The van der Waals surface area contributed by atoms with E-state index < -0.39 is 7.82 Å². The molecule has 1 aromatic rings. The third-order valence-corrected chi connectivity index (χ3v) is 13.0. The van der Waals surface area contributed by atoms with Crippen LogP contribution >= 0.6 is 7.82 Å². The highest BCUT2D eigenvalue weighted by Gasteiger charge is 2.59. The summed E-state index contributed by atoms with van der Waals surface area (Å²) >= 11 is 0. The minimum atomic E-state index is -4.09. The van der Waals surface area contributed by atoms with Gasteiger partial charge in [-0.3, -0.25) is 9.05 Å². The molecule has 0 aromatic carbocycles. The molecule has 0 amide bonds. The molecule has 5 nitrogen and oxygen atoms in total. The summed E-state index contributed by atoms with van der Waals surface area (Å²) in [5.74, 6) is 4.91. The minimum Gasteiger partial charge on any atom is -0.302 e. The Bertz CT molecular complexity index is 1070. The van der Waals surface area contributed by atoms with Crippen LogP contribution in [0.15, 0.2) is 42.2 Å². The summed E-state index contributed by atoms with van der Waals surface area (Å²) in [6.45, 7) is 13.1. The highest BCUT2D eigenvalue weighted by molar-refractivity contribution is 7.47. The van der Waals surface area contributed by atoms with E-state index in [1.807, 2.05) is 35.2 Å². The molecule has 0 aliphatic heterocycles. The van der Waals surface area contributed by atoms with Gasteiger partial charge in [-0.15, -0.1) is 0 Å². The molecule has 1 unspecified atom stereocenters. The maximum Gasteiger partial charge on any atom is 0.472 e. The second kappa shape index (κ2) is 12.3. The zero-order valence-corrected chi connectivity index (χ0v) is 26.7. The van der Waals surface area contributed by atoms with Crippen molar-refractivity contribution in [3.05, 3.63) is 42.2 Å².